The molecule has 0 atom stereocenters. The summed E-state index contributed by atoms with van der Waals surface area (Å²) >= 11 is 0. The van der Waals surface area contributed by atoms with E-state index in [2.05, 4.69) is 10.6 Å². The maximum absolute atomic E-state index is 11.7. The topological polar surface area (TPSA) is 113 Å². The van der Waals surface area contributed by atoms with Crippen LogP contribution in [0.25, 0.3) is 0 Å². The van der Waals surface area contributed by atoms with Crippen molar-refractivity contribution in [2.75, 3.05) is 18.1 Å². The number of nitrogens with one attached hydrogen (secondary N) is 2. The van der Waals surface area contributed by atoms with Crippen LogP contribution < -0.4 is 10.6 Å². The maximum atomic E-state index is 11.7. The van der Waals surface area contributed by atoms with Crippen LogP contribution in [0.4, 0.5) is 4.79 Å². The maximum Gasteiger partial charge on any atom is 0.335 e. The number of benzene rings is 1. The van der Waals surface area contributed by atoms with Gasteiger partial charge in [0.15, 0.2) is 9.84 Å². The van der Waals surface area contributed by atoms with Gasteiger partial charge in [-0.25, -0.2) is 18.0 Å². The molecule has 0 radical (unpaired) electrons. The molecule has 1 aromatic rings. The molecule has 3 N–H and O–H groups in total. The number of carbonyl (C=O) groups excluding carboxylic acids is 1. The van der Waals surface area contributed by atoms with E-state index in [0.29, 0.717) is 5.92 Å². The third-order valence-electron chi connectivity index (χ3n) is 3.54. The van der Waals surface area contributed by atoms with Gasteiger partial charge in [-0.1, -0.05) is 12.1 Å². The van der Waals surface area contributed by atoms with Crippen LogP contribution in [-0.4, -0.2) is 43.6 Å². The van der Waals surface area contributed by atoms with E-state index < -0.39 is 21.8 Å². The number of hydrogen-bond acceptors (Lipinski definition) is 4. The number of rotatable bonds is 8. The number of hydrogen-bond donors (Lipinski definition) is 3. The Morgan fingerprint density at radius 1 is 1.13 bits per heavy atom. The van der Waals surface area contributed by atoms with E-state index in [0.717, 1.165) is 18.4 Å². The van der Waals surface area contributed by atoms with Gasteiger partial charge in [-0.15, -0.1) is 0 Å². The zero-order chi connectivity index (χ0) is 16.9. The lowest BCUT2D eigenvalue weighted by atomic mass is 10.1. The van der Waals surface area contributed by atoms with Crippen molar-refractivity contribution in [2.45, 2.75) is 19.4 Å². The van der Waals surface area contributed by atoms with Gasteiger partial charge in [-0.3, -0.25) is 0 Å². The van der Waals surface area contributed by atoms with Gasteiger partial charge in [0.1, 0.15) is 0 Å². The Bertz CT molecular complexity index is 666. The first kappa shape index (κ1) is 17.3. The lowest BCUT2D eigenvalue weighted by Gasteiger charge is -2.08. The molecule has 1 aromatic carbocycles. The first-order chi connectivity index (χ1) is 10.9. The van der Waals surface area contributed by atoms with Gasteiger partial charge in [0.2, 0.25) is 0 Å². The predicted molar refractivity (Wildman–Crippen MR) is 85.0 cm³/mol. The van der Waals surface area contributed by atoms with E-state index in [9.17, 15) is 18.0 Å². The van der Waals surface area contributed by atoms with Crippen molar-refractivity contribution >= 4 is 21.8 Å². The highest BCUT2D eigenvalue weighted by molar-refractivity contribution is 7.91. The molecule has 1 saturated carbocycles. The van der Waals surface area contributed by atoms with Crippen molar-refractivity contribution in [1.82, 2.24) is 10.6 Å². The van der Waals surface area contributed by atoms with Crippen molar-refractivity contribution in [3.63, 3.8) is 0 Å². The fourth-order valence-electron chi connectivity index (χ4n) is 2.06. The smallest absolute Gasteiger partial charge is 0.335 e. The summed E-state index contributed by atoms with van der Waals surface area (Å²) in [6, 6.07) is 5.70. The van der Waals surface area contributed by atoms with Crippen molar-refractivity contribution < 1.29 is 23.1 Å². The van der Waals surface area contributed by atoms with Gasteiger partial charge >= 0.3 is 12.0 Å². The number of carbonyl (C=O) groups is 2. The second kappa shape index (κ2) is 7.45. The third-order valence-corrected chi connectivity index (χ3v) is 5.34. The fraction of sp³-hybridized carbons (Fsp3) is 0.467. The molecule has 0 aromatic heterocycles. The molecule has 1 aliphatic rings. The molecule has 1 fully saturated rings. The first-order valence-corrected chi connectivity index (χ1v) is 9.22. The zero-order valence-corrected chi connectivity index (χ0v) is 13.4. The van der Waals surface area contributed by atoms with Crippen LogP contribution in [0.3, 0.4) is 0 Å². The standard InChI is InChI=1S/C15H20N2O5S/c18-14(19)13-5-3-11(4-6-13)9-17-15(20)16-7-8-23(21,22)10-12-1-2-12/h3-6,12H,1-2,7-10H2,(H,18,19)(H2,16,17,20). The second-order valence-corrected chi connectivity index (χ2v) is 7.90. The minimum Gasteiger partial charge on any atom is -0.478 e. The molecule has 7 nitrogen and oxygen atoms in total. The van der Waals surface area contributed by atoms with Crippen LogP contribution in [0.2, 0.25) is 0 Å². The monoisotopic (exact) mass is 340 g/mol. The molecule has 0 heterocycles. The van der Waals surface area contributed by atoms with Gasteiger partial charge in [0.25, 0.3) is 0 Å². The molecule has 2 rings (SSSR count). The second-order valence-electron chi connectivity index (χ2n) is 5.67. The molecule has 0 spiro atoms. The summed E-state index contributed by atoms with van der Waals surface area (Å²) in [5, 5.41) is 13.9. The number of aromatic carboxylic acids is 1. The summed E-state index contributed by atoms with van der Waals surface area (Å²) in [5.74, 6) is -0.534. The SMILES string of the molecule is O=C(NCCS(=O)(=O)CC1CC1)NCc1ccc(C(=O)O)cc1. The van der Waals surface area contributed by atoms with Gasteiger partial charge in [-0.05, 0) is 36.5 Å². The first-order valence-electron chi connectivity index (χ1n) is 7.40. The Morgan fingerprint density at radius 3 is 2.35 bits per heavy atom. The number of sulfone groups is 1. The van der Waals surface area contributed by atoms with E-state index in [1.54, 1.807) is 12.1 Å². The predicted octanol–water partition coefficient (Wildman–Crippen LogP) is 1.01. The summed E-state index contributed by atoms with van der Waals surface area (Å²) < 4.78 is 23.4. The van der Waals surface area contributed by atoms with Crippen LogP contribution in [0.1, 0.15) is 28.8 Å². The van der Waals surface area contributed by atoms with Crippen LogP contribution >= 0.6 is 0 Å². The van der Waals surface area contributed by atoms with Gasteiger partial charge in [0, 0.05) is 13.1 Å². The lowest BCUT2D eigenvalue weighted by Crippen LogP contribution is -2.38. The molecule has 8 heteroatoms. The molecule has 0 aliphatic heterocycles. The average Bonchev–Trinajstić information content (AvgIpc) is 3.28. The lowest BCUT2D eigenvalue weighted by molar-refractivity contribution is 0.0697. The third kappa shape index (κ3) is 6.27. The number of urea groups is 1. The number of amides is 2. The van der Waals surface area contributed by atoms with Crippen molar-refractivity contribution in [3.8, 4) is 0 Å². The van der Waals surface area contributed by atoms with E-state index in [4.69, 9.17) is 5.11 Å². The van der Waals surface area contributed by atoms with E-state index in [-0.39, 0.29) is 30.2 Å². The van der Waals surface area contributed by atoms with Crippen LogP contribution in [0.15, 0.2) is 24.3 Å². The highest BCUT2D eigenvalue weighted by Crippen LogP contribution is 2.30. The van der Waals surface area contributed by atoms with Crippen LogP contribution in [-0.2, 0) is 16.4 Å². The van der Waals surface area contributed by atoms with E-state index in [1.165, 1.54) is 12.1 Å². The Labute approximate surface area is 135 Å². The van der Waals surface area contributed by atoms with E-state index >= 15 is 0 Å². The Balaban J connectivity index is 1.67. The molecule has 0 unspecified atom stereocenters. The summed E-state index contributed by atoms with van der Waals surface area (Å²) in [6.07, 6.45) is 1.96. The molecule has 23 heavy (non-hydrogen) atoms. The Hall–Kier alpha value is -2.09. The van der Waals surface area contributed by atoms with E-state index in [1.807, 2.05) is 0 Å². The fourth-order valence-corrected chi connectivity index (χ4v) is 3.69. The number of carboxylic acid groups (broad SMARTS) is 1. The molecule has 2 amide bonds. The van der Waals surface area contributed by atoms with Gasteiger partial charge < -0.3 is 15.7 Å². The number of carboxylic acids is 1. The van der Waals surface area contributed by atoms with Crippen molar-refractivity contribution in [2.24, 2.45) is 5.92 Å². The van der Waals surface area contributed by atoms with Crippen molar-refractivity contribution in [1.29, 1.82) is 0 Å². The minimum absolute atomic E-state index is 0.0514. The largest absolute Gasteiger partial charge is 0.478 e. The normalized spacial score (nSPS) is 14.3. The quantitative estimate of drug-likeness (QED) is 0.654. The summed E-state index contributed by atoms with van der Waals surface area (Å²) in [5.41, 5.74) is 0.936. The zero-order valence-electron chi connectivity index (χ0n) is 12.6. The summed E-state index contributed by atoms with van der Waals surface area (Å²) in [4.78, 5) is 22.3. The van der Waals surface area contributed by atoms with Crippen LogP contribution in [0, 0.1) is 5.92 Å². The van der Waals surface area contributed by atoms with Gasteiger partial charge in [-0.2, -0.15) is 0 Å². The summed E-state index contributed by atoms with van der Waals surface area (Å²) in [6.45, 7) is 0.319. The Kier molecular flexibility index (Phi) is 5.59. The molecular formula is C15H20N2O5S. The van der Waals surface area contributed by atoms with Crippen molar-refractivity contribution in [3.05, 3.63) is 35.4 Å². The highest BCUT2D eigenvalue weighted by Gasteiger charge is 2.27. The molecular weight excluding hydrogens is 320 g/mol. The summed E-state index contributed by atoms with van der Waals surface area (Å²) in [7, 11) is -3.09. The minimum atomic E-state index is -3.09. The van der Waals surface area contributed by atoms with Gasteiger partial charge in [0.05, 0.1) is 17.1 Å². The molecule has 1 aliphatic carbocycles. The highest BCUT2D eigenvalue weighted by atomic mass is 32.2. The molecule has 0 saturated heterocycles. The molecule has 0 bridgehead atoms. The molecule has 126 valence electrons. The van der Waals surface area contributed by atoms with Crippen LogP contribution in [0.5, 0.6) is 0 Å². The Morgan fingerprint density at radius 2 is 1.78 bits per heavy atom. The average molecular weight is 340 g/mol.